The van der Waals surface area contributed by atoms with E-state index in [9.17, 15) is 9.18 Å². The van der Waals surface area contributed by atoms with E-state index in [2.05, 4.69) is 10.2 Å². The molecular weight excluding hydrogens is 245 g/mol. The van der Waals surface area contributed by atoms with Crippen molar-refractivity contribution in [2.75, 3.05) is 25.0 Å². The van der Waals surface area contributed by atoms with Crippen molar-refractivity contribution in [1.29, 1.82) is 0 Å². The summed E-state index contributed by atoms with van der Waals surface area (Å²) in [5.41, 5.74) is 6.99. The van der Waals surface area contributed by atoms with Gasteiger partial charge in [0.2, 0.25) is 5.91 Å². The van der Waals surface area contributed by atoms with E-state index in [0.717, 1.165) is 25.9 Å². The highest BCUT2D eigenvalue weighted by molar-refractivity contribution is 5.92. The number of carbonyl (C=O) groups is 1. The number of nitrogens with zero attached hydrogens (tertiary/aromatic N) is 1. The van der Waals surface area contributed by atoms with Gasteiger partial charge in [-0.1, -0.05) is 0 Å². The standard InChI is InChI=1S/C14H20FN3O/c1-10-8-12(2-3-13(10)15)17-14(19)9-18-6-4-11(16)5-7-18/h2-3,8,11H,4-7,9,16H2,1H3,(H,17,19). The number of benzene rings is 1. The largest absolute Gasteiger partial charge is 0.328 e. The van der Waals surface area contributed by atoms with Gasteiger partial charge in [-0.05, 0) is 43.5 Å². The first-order chi connectivity index (χ1) is 9.04. The molecule has 0 unspecified atom stereocenters. The summed E-state index contributed by atoms with van der Waals surface area (Å²) in [5.74, 6) is -0.329. The second kappa shape index (κ2) is 6.12. The van der Waals surface area contributed by atoms with Crippen LogP contribution in [0.2, 0.25) is 0 Å². The lowest BCUT2D eigenvalue weighted by Crippen LogP contribution is -2.43. The fraction of sp³-hybridized carbons (Fsp3) is 0.500. The van der Waals surface area contributed by atoms with E-state index in [1.165, 1.54) is 6.07 Å². The van der Waals surface area contributed by atoms with Gasteiger partial charge in [-0.2, -0.15) is 0 Å². The highest BCUT2D eigenvalue weighted by atomic mass is 19.1. The Labute approximate surface area is 112 Å². The van der Waals surface area contributed by atoms with Crippen LogP contribution in [0, 0.1) is 12.7 Å². The van der Waals surface area contributed by atoms with Crippen molar-refractivity contribution in [3.8, 4) is 0 Å². The first-order valence-electron chi connectivity index (χ1n) is 6.58. The molecule has 1 aliphatic rings. The third kappa shape index (κ3) is 4.01. The summed E-state index contributed by atoms with van der Waals surface area (Å²) in [5, 5.41) is 2.79. The molecule has 0 atom stereocenters. The molecule has 0 saturated carbocycles. The highest BCUT2D eigenvalue weighted by Gasteiger charge is 2.18. The summed E-state index contributed by atoms with van der Waals surface area (Å²) in [6, 6.07) is 4.84. The van der Waals surface area contributed by atoms with Gasteiger partial charge >= 0.3 is 0 Å². The molecule has 4 nitrogen and oxygen atoms in total. The number of anilines is 1. The van der Waals surface area contributed by atoms with Gasteiger partial charge in [0, 0.05) is 24.8 Å². The number of nitrogens with one attached hydrogen (secondary N) is 1. The minimum atomic E-state index is -0.261. The van der Waals surface area contributed by atoms with Crippen molar-refractivity contribution < 1.29 is 9.18 Å². The van der Waals surface area contributed by atoms with E-state index in [1.807, 2.05) is 0 Å². The SMILES string of the molecule is Cc1cc(NC(=O)CN2CCC(N)CC2)ccc1F. The third-order valence-electron chi connectivity index (χ3n) is 3.44. The Morgan fingerprint density at radius 1 is 1.47 bits per heavy atom. The minimum absolute atomic E-state index is 0.0681. The molecule has 5 heteroatoms. The van der Waals surface area contributed by atoms with E-state index >= 15 is 0 Å². The van der Waals surface area contributed by atoms with Gasteiger partial charge in [-0.15, -0.1) is 0 Å². The number of nitrogens with two attached hydrogens (primary N) is 1. The van der Waals surface area contributed by atoms with Crippen molar-refractivity contribution in [3.05, 3.63) is 29.6 Å². The fourth-order valence-corrected chi connectivity index (χ4v) is 2.24. The predicted octanol–water partition coefficient (Wildman–Crippen LogP) is 1.50. The van der Waals surface area contributed by atoms with Crippen molar-refractivity contribution in [2.45, 2.75) is 25.8 Å². The normalized spacial score (nSPS) is 17.4. The second-order valence-electron chi connectivity index (χ2n) is 5.13. The highest BCUT2D eigenvalue weighted by Crippen LogP contribution is 2.14. The molecule has 1 aliphatic heterocycles. The van der Waals surface area contributed by atoms with Crippen LogP contribution in [-0.2, 0) is 4.79 Å². The lowest BCUT2D eigenvalue weighted by molar-refractivity contribution is -0.117. The molecule has 19 heavy (non-hydrogen) atoms. The van der Waals surface area contributed by atoms with Crippen LogP contribution < -0.4 is 11.1 Å². The molecule has 0 aliphatic carbocycles. The average molecular weight is 265 g/mol. The number of carbonyl (C=O) groups excluding carboxylic acids is 1. The summed E-state index contributed by atoms with van der Waals surface area (Å²) in [7, 11) is 0. The number of hydrogen-bond donors (Lipinski definition) is 2. The molecule has 104 valence electrons. The van der Waals surface area contributed by atoms with Crippen LogP contribution in [0.4, 0.5) is 10.1 Å². The van der Waals surface area contributed by atoms with Gasteiger partial charge in [0.05, 0.1) is 6.54 Å². The van der Waals surface area contributed by atoms with Crippen LogP contribution in [-0.4, -0.2) is 36.5 Å². The Kier molecular flexibility index (Phi) is 4.50. The molecule has 1 aromatic rings. The molecular formula is C14H20FN3O. The van der Waals surface area contributed by atoms with Crippen molar-refractivity contribution in [2.24, 2.45) is 5.73 Å². The number of amides is 1. The third-order valence-corrected chi connectivity index (χ3v) is 3.44. The van der Waals surface area contributed by atoms with Crippen LogP contribution in [0.25, 0.3) is 0 Å². The number of halogens is 1. The zero-order valence-corrected chi connectivity index (χ0v) is 11.2. The molecule has 0 aromatic heterocycles. The van der Waals surface area contributed by atoms with E-state index in [4.69, 9.17) is 5.73 Å². The lowest BCUT2D eigenvalue weighted by Gasteiger charge is -2.29. The molecule has 1 fully saturated rings. The number of rotatable bonds is 3. The minimum Gasteiger partial charge on any atom is -0.328 e. The van der Waals surface area contributed by atoms with Crippen LogP contribution in [0.5, 0.6) is 0 Å². The summed E-state index contributed by atoms with van der Waals surface area (Å²) < 4.78 is 13.1. The Morgan fingerprint density at radius 3 is 2.79 bits per heavy atom. The topological polar surface area (TPSA) is 58.4 Å². The molecule has 3 N–H and O–H groups in total. The quantitative estimate of drug-likeness (QED) is 0.870. The van der Waals surface area contributed by atoms with Gasteiger partial charge in [0.15, 0.2) is 0 Å². The first kappa shape index (κ1) is 14.0. The lowest BCUT2D eigenvalue weighted by atomic mass is 10.1. The smallest absolute Gasteiger partial charge is 0.238 e. The molecule has 0 radical (unpaired) electrons. The first-order valence-corrected chi connectivity index (χ1v) is 6.58. The summed E-state index contributed by atoms with van der Waals surface area (Å²) >= 11 is 0. The fourth-order valence-electron chi connectivity index (χ4n) is 2.24. The molecule has 1 aromatic carbocycles. The summed E-state index contributed by atoms with van der Waals surface area (Å²) in [6.45, 7) is 3.76. The summed E-state index contributed by atoms with van der Waals surface area (Å²) in [4.78, 5) is 14.0. The Balaban J connectivity index is 1.85. The van der Waals surface area contributed by atoms with Gasteiger partial charge in [-0.25, -0.2) is 4.39 Å². The van der Waals surface area contributed by atoms with E-state index in [1.54, 1.807) is 19.1 Å². The van der Waals surface area contributed by atoms with Gasteiger partial charge in [-0.3, -0.25) is 9.69 Å². The van der Waals surface area contributed by atoms with E-state index in [0.29, 0.717) is 17.8 Å². The predicted molar refractivity (Wildman–Crippen MR) is 73.4 cm³/mol. The number of hydrogen-bond acceptors (Lipinski definition) is 3. The average Bonchev–Trinajstić information content (AvgIpc) is 2.37. The van der Waals surface area contributed by atoms with Crippen LogP contribution in [0.3, 0.4) is 0 Å². The van der Waals surface area contributed by atoms with Crippen molar-refractivity contribution >= 4 is 11.6 Å². The van der Waals surface area contributed by atoms with Gasteiger partial charge in [0.1, 0.15) is 5.82 Å². The van der Waals surface area contributed by atoms with Gasteiger partial charge in [0.25, 0.3) is 0 Å². The second-order valence-corrected chi connectivity index (χ2v) is 5.13. The molecule has 1 saturated heterocycles. The Hall–Kier alpha value is -1.46. The zero-order valence-electron chi connectivity index (χ0n) is 11.2. The number of aryl methyl sites for hydroxylation is 1. The maximum Gasteiger partial charge on any atom is 0.238 e. The summed E-state index contributed by atoms with van der Waals surface area (Å²) in [6.07, 6.45) is 1.87. The Morgan fingerprint density at radius 2 is 2.16 bits per heavy atom. The maximum absolute atomic E-state index is 13.1. The molecule has 0 bridgehead atoms. The zero-order chi connectivity index (χ0) is 13.8. The molecule has 1 amide bonds. The number of piperidine rings is 1. The van der Waals surface area contributed by atoms with E-state index in [-0.39, 0.29) is 17.8 Å². The van der Waals surface area contributed by atoms with Crippen LogP contribution >= 0.6 is 0 Å². The molecule has 2 rings (SSSR count). The van der Waals surface area contributed by atoms with Gasteiger partial charge < -0.3 is 11.1 Å². The van der Waals surface area contributed by atoms with Crippen molar-refractivity contribution in [3.63, 3.8) is 0 Å². The molecule has 0 spiro atoms. The Bertz CT molecular complexity index is 456. The van der Waals surface area contributed by atoms with Crippen LogP contribution in [0.15, 0.2) is 18.2 Å². The van der Waals surface area contributed by atoms with Crippen molar-refractivity contribution in [1.82, 2.24) is 4.90 Å². The maximum atomic E-state index is 13.1. The number of likely N-dealkylation sites (tertiary alicyclic amines) is 1. The molecule has 1 heterocycles. The monoisotopic (exact) mass is 265 g/mol. The van der Waals surface area contributed by atoms with Crippen LogP contribution in [0.1, 0.15) is 18.4 Å². The van der Waals surface area contributed by atoms with E-state index < -0.39 is 0 Å².